The second kappa shape index (κ2) is 5.44. The monoisotopic (exact) mass is 270 g/mol. The zero-order valence-electron chi connectivity index (χ0n) is 10.3. The van der Waals surface area contributed by atoms with Gasteiger partial charge >= 0.3 is 6.18 Å². The predicted octanol–water partition coefficient (Wildman–Crippen LogP) is 3.00. The molecule has 0 unspecified atom stereocenters. The Morgan fingerprint density at radius 1 is 1.32 bits per heavy atom. The highest BCUT2D eigenvalue weighted by atomic mass is 19.4. The minimum absolute atomic E-state index is 0.244. The number of hydrogen-bond donors (Lipinski definition) is 1. The Hall–Kier alpha value is -1.82. The quantitative estimate of drug-likeness (QED) is 0.928. The van der Waals surface area contributed by atoms with Gasteiger partial charge in [-0.3, -0.25) is 0 Å². The van der Waals surface area contributed by atoms with E-state index in [0.29, 0.717) is 23.8 Å². The van der Waals surface area contributed by atoms with Crippen LogP contribution in [-0.4, -0.2) is 12.0 Å². The standard InChI is InChI=1S/C13H13F3N2O/c1-17-7-11-8-18-12(19-11)6-9-3-2-4-10(5-9)13(14,15)16/h2-5,8,17H,6-7H2,1H3. The van der Waals surface area contributed by atoms with Crippen LogP contribution in [0, 0.1) is 0 Å². The lowest BCUT2D eigenvalue weighted by Crippen LogP contribution is -2.05. The van der Waals surface area contributed by atoms with E-state index in [1.54, 1.807) is 19.3 Å². The van der Waals surface area contributed by atoms with Gasteiger partial charge in [-0.05, 0) is 18.7 Å². The lowest BCUT2D eigenvalue weighted by molar-refractivity contribution is -0.137. The number of nitrogens with zero attached hydrogens (tertiary/aromatic N) is 1. The maximum absolute atomic E-state index is 12.6. The molecule has 1 heterocycles. The predicted molar refractivity (Wildman–Crippen MR) is 63.5 cm³/mol. The van der Waals surface area contributed by atoms with Crippen LogP contribution in [0.1, 0.15) is 22.8 Å². The van der Waals surface area contributed by atoms with Crippen molar-refractivity contribution in [2.75, 3.05) is 7.05 Å². The molecule has 0 saturated carbocycles. The van der Waals surface area contributed by atoms with Crippen LogP contribution in [0.2, 0.25) is 0 Å². The maximum atomic E-state index is 12.6. The van der Waals surface area contributed by atoms with Gasteiger partial charge in [0.05, 0.1) is 18.3 Å². The fourth-order valence-electron chi connectivity index (χ4n) is 1.72. The van der Waals surface area contributed by atoms with Gasteiger partial charge in [-0.2, -0.15) is 13.2 Å². The Kier molecular flexibility index (Phi) is 3.90. The third-order valence-corrected chi connectivity index (χ3v) is 2.56. The fraction of sp³-hybridized carbons (Fsp3) is 0.308. The average molecular weight is 270 g/mol. The van der Waals surface area contributed by atoms with Gasteiger partial charge in [0, 0.05) is 6.42 Å². The molecule has 6 heteroatoms. The van der Waals surface area contributed by atoms with E-state index >= 15 is 0 Å². The van der Waals surface area contributed by atoms with Crippen LogP contribution >= 0.6 is 0 Å². The number of rotatable bonds is 4. The zero-order valence-corrected chi connectivity index (χ0v) is 10.3. The highest BCUT2D eigenvalue weighted by molar-refractivity contribution is 5.27. The second-order valence-electron chi connectivity index (χ2n) is 4.13. The second-order valence-corrected chi connectivity index (χ2v) is 4.13. The third-order valence-electron chi connectivity index (χ3n) is 2.56. The summed E-state index contributed by atoms with van der Waals surface area (Å²) in [4.78, 5) is 4.03. The molecular formula is C13H13F3N2O. The summed E-state index contributed by atoms with van der Waals surface area (Å²) < 4.78 is 43.1. The molecule has 0 radical (unpaired) electrons. The zero-order chi connectivity index (χ0) is 13.9. The molecule has 0 aliphatic rings. The molecule has 1 aromatic carbocycles. The van der Waals surface area contributed by atoms with E-state index in [2.05, 4.69) is 10.3 Å². The van der Waals surface area contributed by atoms with Gasteiger partial charge in [-0.25, -0.2) is 4.98 Å². The van der Waals surface area contributed by atoms with Crippen LogP contribution in [0.25, 0.3) is 0 Å². The topological polar surface area (TPSA) is 38.1 Å². The molecular weight excluding hydrogens is 257 g/mol. The third kappa shape index (κ3) is 3.57. The molecule has 0 saturated heterocycles. The summed E-state index contributed by atoms with van der Waals surface area (Å²) in [5.74, 6) is 1.06. The Labute approximate surface area is 108 Å². The van der Waals surface area contributed by atoms with Gasteiger partial charge in [0.15, 0.2) is 5.89 Å². The average Bonchev–Trinajstić information content (AvgIpc) is 2.76. The van der Waals surface area contributed by atoms with Crippen LogP contribution in [0.5, 0.6) is 0 Å². The van der Waals surface area contributed by atoms with Gasteiger partial charge in [-0.15, -0.1) is 0 Å². The molecule has 1 N–H and O–H groups in total. The lowest BCUT2D eigenvalue weighted by atomic mass is 10.1. The van der Waals surface area contributed by atoms with E-state index in [1.165, 1.54) is 6.07 Å². The van der Waals surface area contributed by atoms with Crippen molar-refractivity contribution in [1.82, 2.24) is 10.3 Å². The molecule has 0 amide bonds. The molecule has 2 rings (SSSR count). The first kappa shape index (κ1) is 13.6. The van der Waals surface area contributed by atoms with Crippen molar-refractivity contribution < 1.29 is 17.6 Å². The van der Waals surface area contributed by atoms with Gasteiger partial charge < -0.3 is 9.73 Å². The highest BCUT2D eigenvalue weighted by Gasteiger charge is 2.30. The molecule has 0 aliphatic heterocycles. The van der Waals surface area contributed by atoms with Crippen LogP contribution < -0.4 is 5.32 Å². The van der Waals surface area contributed by atoms with Crippen LogP contribution in [-0.2, 0) is 19.1 Å². The molecule has 0 atom stereocenters. The fourth-order valence-corrected chi connectivity index (χ4v) is 1.72. The molecule has 0 spiro atoms. The normalized spacial score (nSPS) is 11.8. The molecule has 0 aliphatic carbocycles. The van der Waals surface area contributed by atoms with E-state index < -0.39 is 11.7 Å². The highest BCUT2D eigenvalue weighted by Crippen LogP contribution is 2.29. The Bertz CT molecular complexity index is 549. The van der Waals surface area contributed by atoms with E-state index in [1.807, 2.05) is 0 Å². The Morgan fingerprint density at radius 2 is 2.11 bits per heavy atom. The van der Waals surface area contributed by atoms with Gasteiger partial charge in [0.2, 0.25) is 0 Å². The van der Waals surface area contributed by atoms with Gasteiger partial charge in [0.25, 0.3) is 0 Å². The molecule has 0 fully saturated rings. The number of halogens is 3. The molecule has 19 heavy (non-hydrogen) atoms. The Balaban J connectivity index is 2.14. The number of oxazole rings is 1. The van der Waals surface area contributed by atoms with E-state index in [4.69, 9.17) is 4.42 Å². The molecule has 102 valence electrons. The first-order valence-corrected chi connectivity index (χ1v) is 5.73. The minimum atomic E-state index is -4.33. The smallest absolute Gasteiger partial charge is 0.416 e. The molecule has 1 aromatic heterocycles. The van der Waals surface area contributed by atoms with Crippen molar-refractivity contribution in [3.8, 4) is 0 Å². The van der Waals surface area contributed by atoms with Crippen LogP contribution in [0.3, 0.4) is 0 Å². The Morgan fingerprint density at radius 3 is 2.79 bits per heavy atom. The lowest BCUT2D eigenvalue weighted by Gasteiger charge is -2.07. The van der Waals surface area contributed by atoms with Crippen molar-refractivity contribution in [3.05, 3.63) is 53.2 Å². The van der Waals surface area contributed by atoms with E-state index in [-0.39, 0.29) is 6.42 Å². The van der Waals surface area contributed by atoms with Crippen LogP contribution in [0.4, 0.5) is 13.2 Å². The van der Waals surface area contributed by atoms with Crippen molar-refractivity contribution in [2.24, 2.45) is 0 Å². The van der Waals surface area contributed by atoms with E-state index in [0.717, 1.165) is 12.1 Å². The summed E-state index contributed by atoms with van der Waals surface area (Å²) >= 11 is 0. The largest absolute Gasteiger partial charge is 0.444 e. The van der Waals surface area contributed by atoms with E-state index in [9.17, 15) is 13.2 Å². The summed E-state index contributed by atoms with van der Waals surface area (Å²) in [5, 5.41) is 2.91. The molecule has 0 bridgehead atoms. The maximum Gasteiger partial charge on any atom is 0.416 e. The van der Waals surface area contributed by atoms with Crippen molar-refractivity contribution in [3.63, 3.8) is 0 Å². The van der Waals surface area contributed by atoms with Gasteiger partial charge in [0.1, 0.15) is 5.76 Å². The number of nitrogens with one attached hydrogen (secondary N) is 1. The number of hydrogen-bond acceptors (Lipinski definition) is 3. The summed E-state index contributed by atoms with van der Waals surface area (Å²) in [7, 11) is 1.77. The number of alkyl halides is 3. The summed E-state index contributed by atoms with van der Waals surface area (Å²) in [6.07, 6.45) is -2.52. The first-order valence-electron chi connectivity index (χ1n) is 5.73. The number of benzene rings is 1. The minimum Gasteiger partial charge on any atom is -0.444 e. The summed E-state index contributed by atoms with van der Waals surface area (Å²) in [5.41, 5.74) is -0.139. The molecule has 2 aromatic rings. The first-order chi connectivity index (χ1) is 8.99. The SMILES string of the molecule is CNCc1cnc(Cc2cccc(C(F)(F)F)c2)o1. The van der Waals surface area contributed by atoms with Crippen molar-refractivity contribution in [2.45, 2.75) is 19.1 Å². The number of aromatic nitrogens is 1. The van der Waals surface area contributed by atoms with Gasteiger partial charge in [-0.1, -0.05) is 18.2 Å². The summed E-state index contributed by atoms with van der Waals surface area (Å²) in [6, 6.07) is 5.17. The van der Waals surface area contributed by atoms with Crippen molar-refractivity contribution >= 4 is 0 Å². The molecule has 3 nitrogen and oxygen atoms in total. The van der Waals surface area contributed by atoms with Crippen molar-refractivity contribution in [1.29, 1.82) is 0 Å². The summed E-state index contributed by atoms with van der Waals surface area (Å²) in [6.45, 7) is 0.537. The van der Waals surface area contributed by atoms with Crippen LogP contribution in [0.15, 0.2) is 34.9 Å².